The summed E-state index contributed by atoms with van der Waals surface area (Å²) >= 11 is 0. The van der Waals surface area contributed by atoms with Crippen LogP contribution in [0.25, 0.3) is 0 Å². The number of aliphatic hydroxyl groups is 1. The predicted molar refractivity (Wildman–Crippen MR) is 46.8 cm³/mol. The van der Waals surface area contributed by atoms with Crippen molar-refractivity contribution in [3.63, 3.8) is 0 Å². The third-order valence-corrected chi connectivity index (χ3v) is 2.24. The van der Waals surface area contributed by atoms with Crippen LogP contribution in [-0.2, 0) is 5.60 Å². The number of rotatable bonds is 1. The van der Waals surface area contributed by atoms with Crippen LogP contribution in [0, 0.1) is 5.82 Å². The Morgan fingerprint density at radius 1 is 0.944 bits per heavy atom. The molecule has 0 aliphatic carbocycles. The Balaban J connectivity index is 3.51. The number of alkyl halides is 6. The van der Waals surface area contributed by atoms with Gasteiger partial charge in [0.2, 0.25) is 0 Å². The van der Waals surface area contributed by atoms with Crippen molar-refractivity contribution in [3.05, 3.63) is 29.6 Å². The molecule has 102 valence electrons. The van der Waals surface area contributed by atoms with Gasteiger partial charge in [0.15, 0.2) is 0 Å². The van der Waals surface area contributed by atoms with Crippen molar-refractivity contribution in [2.45, 2.75) is 18.0 Å². The Kier molecular flexibility index (Phi) is 3.24. The highest BCUT2D eigenvalue weighted by Gasteiger charge is 2.71. The van der Waals surface area contributed by atoms with Gasteiger partial charge < -0.3 is 10.8 Å². The molecule has 0 saturated heterocycles. The number of benzene rings is 1. The topological polar surface area (TPSA) is 46.2 Å². The molecule has 0 fully saturated rings. The first-order chi connectivity index (χ1) is 7.91. The Labute approximate surface area is 95.8 Å². The highest BCUT2D eigenvalue weighted by atomic mass is 19.4. The fourth-order valence-electron chi connectivity index (χ4n) is 1.24. The van der Waals surface area contributed by atoms with Gasteiger partial charge in [-0.3, -0.25) is 0 Å². The fraction of sp³-hybridized carbons (Fsp3) is 0.333. The van der Waals surface area contributed by atoms with Gasteiger partial charge in [0, 0.05) is 5.56 Å². The van der Waals surface area contributed by atoms with Gasteiger partial charge in [0.1, 0.15) is 5.82 Å². The quantitative estimate of drug-likeness (QED) is 0.612. The lowest BCUT2D eigenvalue weighted by atomic mass is 9.92. The van der Waals surface area contributed by atoms with Crippen LogP contribution < -0.4 is 5.73 Å². The first-order valence-electron chi connectivity index (χ1n) is 4.32. The van der Waals surface area contributed by atoms with E-state index in [2.05, 4.69) is 0 Å². The van der Waals surface area contributed by atoms with Gasteiger partial charge in [-0.05, 0) is 12.1 Å². The molecule has 1 rings (SSSR count). The molecule has 0 radical (unpaired) electrons. The number of hydrogen-bond donors (Lipinski definition) is 2. The minimum absolute atomic E-state index is 0.101. The van der Waals surface area contributed by atoms with Crippen LogP contribution >= 0.6 is 0 Å². The number of anilines is 1. The highest BCUT2D eigenvalue weighted by molar-refractivity contribution is 5.43. The van der Waals surface area contributed by atoms with Crippen molar-refractivity contribution in [2.75, 3.05) is 5.73 Å². The molecule has 0 heterocycles. The van der Waals surface area contributed by atoms with E-state index in [1.165, 1.54) is 0 Å². The Morgan fingerprint density at radius 3 is 1.72 bits per heavy atom. The summed E-state index contributed by atoms with van der Waals surface area (Å²) in [5.41, 5.74) is -2.53. The Hall–Kier alpha value is -1.51. The molecule has 0 bridgehead atoms. The maximum atomic E-state index is 12.9. The van der Waals surface area contributed by atoms with Crippen LogP contribution in [0.15, 0.2) is 18.2 Å². The monoisotopic (exact) mass is 277 g/mol. The third-order valence-electron chi connectivity index (χ3n) is 2.24. The van der Waals surface area contributed by atoms with Gasteiger partial charge >= 0.3 is 12.4 Å². The van der Waals surface area contributed by atoms with Crippen molar-refractivity contribution < 1.29 is 35.8 Å². The fourth-order valence-corrected chi connectivity index (χ4v) is 1.24. The van der Waals surface area contributed by atoms with Crippen LogP contribution in [0.1, 0.15) is 5.56 Å². The summed E-state index contributed by atoms with van der Waals surface area (Å²) in [6.45, 7) is 0. The van der Waals surface area contributed by atoms with E-state index >= 15 is 0 Å². The van der Waals surface area contributed by atoms with Crippen LogP contribution in [0.3, 0.4) is 0 Å². The predicted octanol–water partition coefficient (Wildman–Crippen LogP) is 2.72. The number of nitrogens with two attached hydrogens (primary N) is 1. The molecular formula is C9H6F7NO. The number of nitrogen functional groups attached to an aromatic ring is 1. The molecule has 0 aliphatic heterocycles. The zero-order chi connectivity index (χ0) is 14.4. The molecule has 0 atom stereocenters. The molecule has 18 heavy (non-hydrogen) atoms. The molecule has 0 saturated carbocycles. The van der Waals surface area contributed by atoms with Crippen molar-refractivity contribution in [3.8, 4) is 0 Å². The van der Waals surface area contributed by atoms with E-state index in [4.69, 9.17) is 10.8 Å². The molecule has 1 aromatic rings. The third kappa shape index (κ3) is 2.09. The summed E-state index contributed by atoms with van der Waals surface area (Å²) in [5.74, 6) is -1.49. The molecule has 0 unspecified atom stereocenters. The average Bonchev–Trinajstić information content (AvgIpc) is 2.17. The Morgan fingerprint density at radius 2 is 1.39 bits per heavy atom. The molecule has 9 heteroatoms. The van der Waals surface area contributed by atoms with Gasteiger partial charge in [0.05, 0.1) is 5.69 Å². The molecule has 0 aliphatic rings. The maximum absolute atomic E-state index is 12.9. The number of hydrogen-bond acceptors (Lipinski definition) is 2. The summed E-state index contributed by atoms with van der Waals surface area (Å²) in [5, 5.41) is 8.91. The van der Waals surface area contributed by atoms with E-state index in [1.54, 1.807) is 0 Å². The second-order valence-corrected chi connectivity index (χ2v) is 3.44. The van der Waals surface area contributed by atoms with Crippen LogP contribution in [0.2, 0.25) is 0 Å². The van der Waals surface area contributed by atoms with Gasteiger partial charge in [-0.15, -0.1) is 0 Å². The zero-order valence-corrected chi connectivity index (χ0v) is 8.40. The molecule has 3 N–H and O–H groups in total. The Bertz CT molecular complexity index is 437. The largest absolute Gasteiger partial charge is 0.430 e. The molecular weight excluding hydrogens is 271 g/mol. The summed E-state index contributed by atoms with van der Waals surface area (Å²) < 4.78 is 87.3. The zero-order valence-electron chi connectivity index (χ0n) is 8.40. The van der Waals surface area contributed by atoms with E-state index in [9.17, 15) is 30.7 Å². The molecule has 2 nitrogen and oxygen atoms in total. The lowest BCUT2D eigenvalue weighted by molar-refractivity contribution is -0.376. The second kappa shape index (κ2) is 4.01. The number of halogens is 7. The average molecular weight is 277 g/mol. The van der Waals surface area contributed by atoms with Gasteiger partial charge in [-0.1, -0.05) is 6.07 Å². The van der Waals surface area contributed by atoms with Crippen LogP contribution in [-0.4, -0.2) is 17.5 Å². The summed E-state index contributed by atoms with van der Waals surface area (Å²) in [6, 6.07) is 0.669. The van der Waals surface area contributed by atoms with Crippen molar-refractivity contribution >= 4 is 5.69 Å². The minimum atomic E-state index is -6.05. The van der Waals surface area contributed by atoms with E-state index in [-0.39, 0.29) is 12.1 Å². The lowest BCUT2D eigenvalue weighted by Crippen LogP contribution is -2.53. The molecule has 0 aromatic heterocycles. The molecule has 0 spiro atoms. The van der Waals surface area contributed by atoms with Crippen molar-refractivity contribution in [2.24, 2.45) is 0 Å². The highest BCUT2D eigenvalue weighted by Crippen LogP contribution is 2.50. The van der Waals surface area contributed by atoms with Crippen molar-refractivity contribution in [1.82, 2.24) is 0 Å². The minimum Gasteiger partial charge on any atom is -0.396 e. The van der Waals surface area contributed by atoms with Crippen LogP contribution in [0.4, 0.5) is 36.4 Å². The van der Waals surface area contributed by atoms with E-state index in [0.29, 0.717) is 6.07 Å². The van der Waals surface area contributed by atoms with Crippen molar-refractivity contribution in [1.29, 1.82) is 0 Å². The summed E-state index contributed by atoms with van der Waals surface area (Å²) in [4.78, 5) is 0. The standard InChI is InChI=1S/C9H6F7NO/c10-5-3-4(1-2-6(5)17)7(18,8(11,12)13)9(14,15)16/h1-3,18H,17H2. The van der Waals surface area contributed by atoms with E-state index < -0.39 is 35.0 Å². The summed E-state index contributed by atoms with van der Waals surface area (Å²) in [7, 11) is 0. The summed E-state index contributed by atoms with van der Waals surface area (Å²) in [6.07, 6.45) is -12.1. The maximum Gasteiger partial charge on any atom is 0.430 e. The van der Waals surface area contributed by atoms with Gasteiger partial charge in [-0.2, -0.15) is 26.3 Å². The van der Waals surface area contributed by atoms with E-state index in [0.717, 1.165) is 0 Å². The molecule has 1 aromatic carbocycles. The lowest BCUT2D eigenvalue weighted by Gasteiger charge is -2.32. The van der Waals surface area contributed by atoms with Crippen LogP contribution in [0.5, 0.6) is 0 Å². The van der Waals surface area contributed by atoms with Gasteiger partial charge in [-0.25, -0.2) is 4.39 Å². The molecule has 0 amide bonds. The first kappa shape index (κ1) is 14.6. The SMILES string of the molecule is Nc1ccc(C(O)(C(F)(F)F)C(F)(F)F)cc1F. The smallest absolute Gasteiger partial charge is 0.396 e. The second-order valence-electron chi connectivity index (χ2n) is 3.44. The first-order valence-corrected chi connectivity index (χ1v) is 4.32. The van der Waals surface area contributed by atoms with Gasteiger partial charge in [0.25, 0.3) is 5.60 Å². The normalized spacial score (nSPS) is 13.8. The van der Waals surface area contributed by atoms with E-state index in [1.807, 2.05) is 0 Å².